The van der Waals surface area contributed by atoms with E-state index in [0.29, 0.717) is 5.56 Å². The van der Waals surface area contributed by atoms with Gasteiger partial charge < -0.3 is 4.74 Å². The molecule has 0 N–H and O–H groups in total. The molecule has 0 spiro atoms. The minimum Gasteiger partial charge on any atom is -0.454 e. The second-order valence-electron chi connectivity index (χ2n) is 5.79. The standard InChI is InChI=1S/C19H17F2N3O3S/c20-8-9-28(25,26)24(13-15-11-22-14-23-12-15)16-4-3-5-17(10-16)27-19-7-2-1-6-18(19)21/h1-7,10-12,14H,8-9,13H2. The third-order valence-corrected chi connectivity index (χ3v) is 5.46. The maximum atomic E-state index is 13.8. The summed E-state index contributed by atoms with van der Waals surface area (Å²) < 4.78 is 58.4. The van der Waals surface area contributed by atoms with E-state index in [-0.39, 0.29) is 23.7 Å². The SMILES string of the molecule is O=S(=O)(CCF)N(Cc1cncnc1)c1cccc(Oc2ccccc2F)c1. The van der Waals surface area contributed by atoms with Crippen molar-refractivity contribution < 1.29 is 21.9 Å². The average molecular weight is 405 g/mol. The van der Waals surface area contributed by atoms with Crippen molar-refractivity contribution in [1.29, 1.82) is 0 Å². The molecule has 0 bridgehead atoms. The number of anilines is 1. The summed E-state index contributed by atoms with van der Waals surface area (Å²) in [6.45, 7) is -1.10. The first-order valence-corrected chi connectivity index (χ1v) is 9.93. The van der Waals surface area contributed by atoms with Crippen LogP contribution in [0.2, 0.25) is 0 Å². The fourth-order valence-corrected chi connectivity index (χ4v) is 3.69. The van der Waals surface area contributed by atoms with Crippen LogP contribution in [-0.2, 0) is 16.6 Å². The van der Waals surface area contributed by atoms with Crippen LogP contribution in [0, 0.1) is 5.82 Å². The topological polar surface area (TPSA) is 72.4 Å². The van der Waals surface area contributed by atoms with Gasteiger partial charge in [0.05, 0.1) is 18.0 Å². The van der Waals surface area contributed by atoms with Crippen molar-refractivity contribution in [3.05, 3.63) is 78.6 Å². The van der Waals surface area contributed by atoms with Crippen molar-refractivity contribution in [2.45, 2.75) is 6.54 Å². The van der Waals surface area contributed by atoms with Crippen molar-refractivity contribution in [3.8, 4) is 11.5 Å². The largest absolute Gasteiger partial charge is 0.454 e. The number of hydrogen-bond acceptors (Lipinski definition) is 5. The van der Waals surface area contributed by atoms with Crippen LogP contribution < -0.4 is 9.04 Å². The van der Waals surface area contributed by atoms with Crippen molar-refractivity contribution in [2.24, 2.45) is 0 Å². The molecule has 146 valence electrons. The maximum absolute atomic E-state index is 13.8. The van der Waals surface area contributed by atoms with Crippen LogP contribution in [0.5, 0.6) is 11.5 Å². The lowest BCUT2D eigenvalue weighted by atomic mass is 10.2. The number of aromatic nitrogens is 2. The normalized spacial score (nSPS) is 11.2. The molecule has 1 aromatic heterocycles. The summed E-state index contributed by atoms with van der Waals surface area (Å²) in [6, 6.07) is 12.0. The van der Waals surface area contributed by atoms with Crippen LogP contribution >= 0.6 is 0 Å². The van der Waals surface area contributed by atoms with Gasteiger partial charge in [-0.15, -0.1) is 0 Å². The van der Waals surface area contributed by atoms with Crippen LogP contribution in [0.15, 0.2) is 67.3 Å². The highest BCUT2D eigenvalue weighted by Crippen LogP contribution is 2.29. The highest BCUT2D eigenvalue weighted by atomic mass is 32.2. The van der Waals surface area contributed by atoms with E-state index < -0.39 is 28.3 Å². The monoisotopic (exact) mass is 405 g/mol. The Morgan fingerprint density at radius 3 is 2.50 bits per heavy atom. The van der Waals surface area contributed by atoms with E-state index in [1.54, 1.807) is 24.3 Å². The molecule has 0 unspecified atom stereocenters. The van der Waals surface area contributed by atoms with Gasteiger partial charge in [0.1, 0.15) is 18.8 Å². The highest BCUT2D eigenvalue weighted by Gasteiger charge is 2.23. The van der Waals surface area contributed by atoms with Gasteiger partial charge in [0.15, 0.2) is 11.6 Å². The van der Waals surface area contributed by atoms with Crippen molar-refractivity contribution in [3.63, 3.8) is 0 Å². The highest BCUT2D eigenvalue weighted by molar-refractivity contribution is 7.92. The molecule has 28 heavy (non-hydrogen) atoms. The Morgan fingerprint density at radius 2 is 1.79 bits per heavy atom. The number of para-hydroxylation sites is 1. The molecule has 0 aliphatic carbocycles. The van der Waals surface area contributed by atoms with Gasteiger partial charge in [-0.3, -0.25) is 4.31 Å². The Kier molecular flexibility index (Phi) is 6.15. The predicted octanol–water partition coefficient (Wildman–Crippen LogP) is 3.71. The summed E-state index contributed by atoms with van der Waals surface area (Å²) in [5.41, 5.74) is 0.788. The molecule has 0 saturated heterocycles. The Balaban J connectivity index is 1.94. The zero-order valence-corrected chi connectivity index (χ0v) is 15.5. The first kappa shape index (κ1) is 19.7. The minimum absolute atomic E-state index is 0.00859. The molecule has 0 fully saturated rings. The number of hydrogen-bond donors (Lipinski definition) is 0. The van der Waals surface area contributed by atoms with E-state index in [9.17, 15) is 17.2 Å². The lowest BCUT2D eigenvalue weighted by Crippen LogP contribution is -2.33. The molecule has 2 aromatic carbocycles. The summed E-state index contributed by atoms with van der Waals surface area (Å²) in [7, 11) is -3.95. The van der Waals surface area contributed by atoms with Crippen LogP contribution in [0.25, 0.3) is 0 Å². The quantitative estimate of drug-likeness (QED) is 0.571. The number of nitrogens with zero attached hydrogens (tertiary/aromatic N) is 3. The summed E-state index contributed by atoms with van der Waals surface area (Å²) in [5, 5.41) is 0. The number of halogens is 2. The van der Waals surface area contributed by atoms with E-state index in [2.05, 4.69) is 9.97 Å². The molecule has 0 radical (unpaired) electrons. The molecule has 6 nitrogen and oxygen atoms in total. The van der Waals surface area contributed by atoms with Gasteiger partial charge in [0.25, 0.3) is 0 Å². The van der Waals surface area contributed by atoms with Gasteiger partial charge >= 0.3 is 0 Å². The first-order valence-electron chi connectivity index (χ1n) is 8.32. The van der Waals surface area contributed by atoms with Crippen LogP contribution in [0.3, 0.4) is 0 Å². The molecule has 0 aliphatic rings. The molecule has 0 atom stereocenters. The van der Waals surface area contributed by atoms with Crippen LogP contribution in [-0.4, -0.2) is 30.8 Å². The maximum Gasteiger partial charge on any atom is 0.238 e. The number of ether oxygens (including phenoxy) is 1. The molecule has 0 amide bonds. The first-order chi connectivity index (χ1) is 13.5. The molecule has 0 aliphatic heterocycles. The smallest absolute Gasteiger partial charge is 0.238 e. The van der Waals surface area contributed by atoms with Gasteiger partial charge in [-0.2, -0.15) is 0 Å². The van der Waals surface area contributed by atoms with Crippen molar-refractivity contribution in [2.75, 3.05) is 16.7 Å². The number of alkyl halides is 1. The number of rotatable bonds is 8. The zero-order valence-electron chi connectivity index (χ0n) is 14.7. The van der Waals surface area contributed by atoms with Gasteiger partial charge in [0.2, 0.25) is 10.0 Å². The van der Waals surface area contributed by atoms with E-state index in [1.807, 2.05) is 0 Å². The lowest BCUT2D eigenvalue weighted by molar-refractivity contribution is 0.442. The Labute approximate surface area is 161 Å². The third-order valence-electron chi connectivity index (χ3n) is 3.78. The lowest BCUT2D eigenvalue weighted by Gasteiger charge is -2.24. The van der Waals surface area contributed by atoms with Crippen molar-refractivity contribution >= 4 is 15.7 Å². The predicted molar refractivity (Wildman–Crippen MR) is 101 cm³/mol. The summed E-state index contributed by atoms with van der Waals surface area (Å²) >= 11 is 0. The molecular formula is C19H17F2N3O3S. The van der Waals surface area contributed by atoms with E-state index in [4.69, 9.17) is 4.74 Å². The van der Waals surface area contributed by atoms with Crippen molar-refractivity contribution in [1.82, 2.24) is 9.97 Å². The molecule has 0 saturated carbocycles. The zero-order chi connectivity index (χ0) is 20.0. The van der Waals surface area contributed by atoms with E-state index in [1.165, 1.54) is 43.0 Å². The van der Waals surface area contributed by atoms with E-state index >= 15 is 0 Å². The molecule has 3 aromatic rings. The Hall–Kier alpha value is -3.07. The summed E-state index contributed by atoms with van der Waals surface area (Å²) in [5.74, 6) is -0.961. The number of benzene rings is 2. The van der Waals surface area contributed by atoms with Gasteiger partial charge in [-0.25, -0.2) is 27.2 Å². The van der Waals surface area contributed by atoms with Gasteiger partial charge in [0, 0.05) is 24.0 Å². The average Bonchev–Trinajstić information content (AvgIpc) is 2.69. The Bertz CT molecular complexity index is 1030. The molecule has 1 heterocycles. The van der Waals surface area contributed by atoms with Gasteiger partial charge in [-0.1, -0.05) is 18.2 Å². The minimum atomic E-state index is -3.95. The summed E-state index contributed by atoms with van der Waals surface area (Å²) in [6.07, 6.45) is 4.28. The van der Waals surface area contributed by atoms with Gasteiger partial charge in [-0.05, 0) is 24.3 Å². The third kappa shape index (κ3) is 4.80. The van der Waals surface area contributed by atoms with Crippen LogP contribution in [0.1, 0.15) is 5.56 Å². The number of sulfonamides is 1. The molecular weight excluding hydrogens is 388 g/mol. The molecule has 3 rings (SSSR count). The fraction of sp³-hybridized carbons (Fsp3) is 0.158. The van der Waals surface area contributed by atoms with E-state index in [0.717, 1.165) is 4.31 Å². The van der Waals surface area contributed by atoms with Crippen LogP contribution in [0.4, 0.5) is 14.5 Å². The summed E-state index contributed by atoms with van der Waals surface area (Å²) in [4.78, 5) is 7.74. The second kappa shape index (κ2) is 8.75. The Morgan fingerprint density at radius 1 is 1.04 bits per heavy atom. The second-order valence-corrected chi connectivity index (χ2v) is 7.80. The molecule has 9 heteroatoms. The fourth-order valence-electron chi connectivity index (χ4n) is 2.49.